The minimum atomic E-state index is -1.39. The molecule has 1 aromatic carbocycles. The third-order valence-electron chi connectivity index (χ3n) is 2.78. The van der Waals surface area contributed by atoms with E-state index in [1.165, 1.54) is 0 Å². The van der Waals surface area contributed by atoms with Crippen LogP contribution in [0.3, 0.4) is 0 Å². The summed E-state index contributed by atoms with van der Waals surface area (Å²) in [5.41, 5.74) is 2.14. The molecule has 1 N–H and O–H groups in total. The summed E-state index contributed by atoms with van der Waals surface area (Å²) >= 11 is 0. The second-order valence-corrected chi connectivity index (χ2v) is 4.21. The van der Waals surface area contributed by atoms with Crippen LogP contribution < -0.4 is 4.74 Å². The van der Waals surface area contributed by atoms with Gasteiger partial charge in [0.15, 0.2) is 5.75 Å². The second kappa shape index (κ2) is 4.65. The van der Waals surface area contributed by atoms with E-state index in [4.69, 9.17) is 14.4 Å². The van der Waals surface area contributed by atoms with Crippen molar-refractivity contribution < 1.29 is 19.2 Å². The normalized spacial score (nSPS) is 10.7. The number of hydrogen-bond acceptors (Lipinski definition) is 5. The summed E-state index contributed by atoms with van der Waals surface area (Å²) in [6, 6.07) is 10.8. The van der Waals surface area contributed by atoms with Gasteiger partial charge in [0.1, 0.15) is 11.1 Å². The van der Waals surface area contributed by atoms with Crippen molar-refractivity contribution in [2.24, 2.45) is 0 Å². The maximum atomic E-state index is 10.8. The zero-order chi connectivity index (χ0) is 14.1. The third-order valence-corrected chi connectivity index (χ3v) is 2.78. The first kappa shape index (κ1) is 12.2. The van der Waals surface area contributed by atoms with E-state index >= 15 is 0 Å². The molecule has 3 aromatic rings. The molecule has 2 aromatic heterocycles. The van der Waals surface area contributed by atoms with E-state index in [1.807, 2.05) is 30.3 Å². The molecule has 0 aliphatic heterocycles. The summed E-state index contributed by atoms with van der Waals surface area (Å²) in [4.78, 5) is 15.0. The lowest BCUT2D eigenvalue weighted by atomic mass is 10.1. The minimum Gasteiger partial charge on any atom is -0.449 e. The lowest BCUT2D eigenvalue weighted by molar-refractivity contribution is 0.145. The first-order chi connectivity index (χ1) is 9.65. The van der Waals surface area contributed by atoms with Gasteiger partial charge in [-0.1, -0.05) is 35.5 Å². The van der Waals surface area contributed by atoms with Gasteiger partial charge in [-0.25, -0.2) is 9.78 Å². The Hall–Kier alpha value is -2.89. The van der Waals surface area contributed by atoms with Gasteiger partial charge < -0.3 is 14.4 Å². The van der Waals surface area contributed by atoms with E-state index in [9.17, 15) is 4.79 Å². The number of rotatable bonds is 2. The Morgan fingerprint density at radius 1 is 1.30 bits per heavy atom. The summed E-state index contributed by atoms with van der Waals surface area (Å²) in [5.74, 6) is 0.167. The molecule has 0 saturated carbocycles. The molecular weight excluding hydrogens is 260 g/mol. The maximum Gasteiger partial charge on any atom is 0.511 e. The lowest BCUT2D eigenvalue weighted by Crippen LogP contribution is -2.04. The monoisotopic (exact) mass is 270 g/mol. The molecule has 0 atom stereocenters. The highest BCUT2D eigenvalue weighted by Gasteiger charge is 2.19. The van der Waals surface area contributed by atoms with Crippen LogP contribution in [0.25, 0.3) is 22.4 Å². The highest BCUT2D eigenvalue weighted by Crippen LogP contribution is 2.34. The molecule has 0 amide bonds. The maximum absolute atomic E-state index is 10.8. The number of aryl methyl sites for hydroxylation is 1. The second-order valence-electron chi connectivity index (χ2n) is 4.21. The van der Waals surface area contributed by atoms with E-state index in [2.05, 4.69) is 10.1 Å². The predicted molar refractivity (Wildman–Crippen MR) is 70.6 cm³/mol. The van der Waals surface area contributed by atoms with E-state index in [-0.39, 0.29) is 11.5 Å². The van der Waals surface area contributed by atoms with Crippen LogP contribution in [0.1, 0.15) is 5.69 Å². The van der Waals surface area contributed by atoms with Crippen LogP contribution in [0.4, 0.5) is 4.79 Å². The third kappa shape index (κ3) is 2.07. The quantitative estimate of drug-likeness (QED) is 0.719. The number of hydrogen-bond donors (Lipinski definition) is 1. The van der Waals surface area contributed by atoms with Gasteiger partial charge in [0.2, 0.25) is 0 Å². The molecule has 0 bridgehead atoms. The molecule has 100 valence electrons. The van der Waals surface area contributed by atoms with Crippen molar-refractivity contribution in [1.29, 1.82) is 0 Å². The zero-order valence-corrected chi connectivity index (χ0v) is 10.5. The summed E-state index contributed by atoms with van der Waals surface area (Å²) in [5, 5.41) is 13.2. The largest absolute Gasteiger partial charge is 0.511 e. The van der Waals surface area contributed by atoms with E-state index in [1.54, 1.807) is 13.0 Å². The van der Waals surface area contributed by atoms with Crippen molar-refractivity contribution in [3.8, 4) is 17.0 Å². The predicted octanol–water partition coefficient (Wildman–Crippen LogP) is 3.26. The van der Waals surface area contributed by atoms with Gasteiger partial charge >= 0.3 is 6.16 Å². The van der Waals surface area contributed by atoms with Crippen LogP contribution in [0.15, 0.2) is 40.9 Å². The standard InChI is InChI=1S/C14H10N2O4/c1-8-7-10(19-14(17)18)11-12(16-20-13(11)15-8)9-5-3-2-4-6-9/h2-7H,1H3,(H,17,18). The average Bonchev–Trinajstić information content (AvgIpc) is 2.82. The molecule has 6 heteroatoms. The van der Waals surface area contributed by atoms with Crippen molar-refractivity contribution in [3.63, 3.8) is 0 Å². The number of benzene rings is 1. The molecule has 0 fully saturated rings. The average molecular weight is 270 g/mol. The molecule has 0 spiro atoms. The van der Waals surface area contributed by atoms with Gasteiger partial charge in [-0.05, 0) is 6.92 Å². The van der Waals surface area contributed by atoms with Gasteiger partial charge in [-0.2, -0.15) is 0 Å². The highest BCUT2D eigenvalue weighted by molar-refractivity contribution is 5.95. The number of pyridine rings is 1. The molecule has 0 radical (unpaired) electrons. The SMILES string of the molecule is Cc1cc(OC(=O)O)c2c(-c3ccccc3)noc2n1. The molecule has 0 aliphatic rings. The minimum absolute atomic E-state index is 0.167. The van der Waals surface area contributed by atoms with Crippen LogP contribution in [-0.2, 0) is 0 Å². The van der Waals surface area contributed by atoms with Crippen LogP contribution in [-0.4, -0.2) is 21.4 Å². The lowest BCUT2D eigenvalue weighted by Gasteiger charge is -2.03. The number of nitrogens with zero attached hydrogens (tertiary/aromatic N) is 2. The number of carboxylic acid groups (broad SMARTS) is 1. The molecule has 0 unspecified atom stereocenters. The van der Waals surface area contributed by atoms with Gasteiger partial charge in [0, 0.05) is 17.3 Å². The smallest absolute Gasteiger partial charge is 0.449 e. The first-order valence-electron chi connectivity index (χ1n) is 5.88. The van der Waals surface area contributed by atoms with E-state index < -0.39 is 6.16 Å². The zero-order valence-electron chi connectivity index (χ0n) is 10.5. The van der Waals surface area contributed by atoms with Gasteiger partial charge in [-0.3, -0.25) is 0 Å². The molecule has 20 heavy (non-hydrogen) atoms. The number of ether oxygens (including phenoxy) is 1. The van der Waals surface area contributed by atoms with Crippen molar-refractivity contribution in [1.82, 2.24) is 10.1 Å². The first-order valence-corrected chi connectivity index (χ1v) is 5.88. The summed E-state index contributed by atoms with van der Waals surface area (Å²) in [7, 11) is 0. The Morgan fingerprint density at radius 2 is 2.05 bits per heavy atom. The molecular formula is C14H10N2O4. The van der Waals surface area contributed by atoms with Crippen molar-refractivity contribution >= 4 is 17.3 Å². The Morgan fingerprint density at radius 3 is 2.75 bits per heavy atom. The van der Waals surface area contributed by atoms with Gasteiger partial charge in [0.25, 0.3) is 5.71 Å². The van der Waals surface area contributed by atoms with E-state index in [0.717, 1.165) is 5.56 Å². The topological polar surface area (TPSA) is 85.5 Å². The van der Waals surface area contributed by atoms with Crippen LogP contribution in [0.2, 0.25) is 0 Å². The van der Waals surface area contributed by atoms with Crippen LogP contribution in [0.5, 0.6) is 5.75 Å². The summed E-state index contributed by atoms with van der Waals surface area (Å²) in [6.45, 7) is 1.72. The fourth-order valence-electron chi connectivity index (χ4n) is 2.00. The van der Waals surface area contributed by atoms with Crippen LogP contribution >= 0.6 is 0 Å². The van der Waals surface area contributed by atoms with Crippen molar-refractivity contribution in [2.75, 3.05) is 0 Å². The van der Waals surface area contributed by atoms with E-state index in [0.29, 0.717) is 16.8 Å². The number of fused-ring (bicyclic) bond motifs is 1. The molecule has 6 nitrogen and oxygen atoms in total. The number of carbonyl (C=O) groups is 1. The fraction of sp³-hybridized carbons (Fsp3) is 0.0714. The van der Waals surface area contributed by atoms with Gasteiger partial charge in [-0.15, -0.1) is 0 Å². The highest BCUT2D eigenvalue weighted by atomic mass is 16.7. The summed E-state index contributed by atoms with van der Waals surface area (Å²) < 4.78 is 9.98. The molecule has 0 saturated heterocycles. The summed E-state index contributed by atoms with van der Waals surface area (Å²) in [6.07, 6.45) is -1.39. The Bertz CT molecular complexity index is 780. The Kier molecular flexibility index (Phi) is 2.83. The number of aromatic nitrogens is 2. The molecule has 2 heterocycles. The van der Waals surface area contributed by atoms with Crippen LogP contribution in [0, 0.1) is 6.92 Å². The molecule has 0 aliphatic carbocycles. The van der Waals surface area contributed by atoms with Crippen molar-refractivity contribution in [3.05, 3.63) is 42.1 Å². The Labute approximate surface area is 113 Å². The van der Waals surface area contributed by atoms with Crippen molar-refractivity contribution in [2.45, 2.75) is 6.92 Å². The molecule has 3 rings (SSSR count). The fourth-order valence-corrected chi connectivity index (χ4v) is 2.00. The Balaban J connectivity index is 2.27. The van der Waals surface area contributed by atoms with Gasteiger partial charge in [0.05, 0.1) is 0 Å².